The van der Waals surface area contributed by atoms with Gasteiger partial charge in [-0.3, -0.25) is 4.79 Å². The maximum atomic E-state index is 12.7. The Morgan fingerprint density at radius 2 is 1.62 bits per heavy atom. The Kier molecular flexibility index (Phi) is 3.75. The van der Waals surface area contributed by atoms with Gasteiger partial charge in [-0.15, -0.1) is 0 Å². The normalized spacial score (nSPS) is 20.8. The number of piperidine rings is 1. The number of carbonyl (C=O) groups excluding carboxylic acids is 1. The highest BCUT2D eigenvalue weighted by Crippen LogP contribution is 2.32. The highest BCUT2D eigenvalue weighted by atomic mass is 16.2. The maximum absolute atomic E-state index is 12.7. The Morgan fingerprint density at radius 1 is 0.923 bits per heavy atom. The van der Waals surface area contributed by atoms with Crippen LogP contribution in [0.15, 0.2) is 48.5 Å². The number of nitrogens with one attached hydrogen (secondary N) is 1. The maximum Gasteiger partial charge on any atom is 0.253 e. The number of likely N-dealkylation sites (tertiary alicyclic amines) is 1. The molecule has 2 saturated heterocycles. The zero-order valence-electron chi connectivity index (χ0n) is 15.1. The van der Waals surface area contributed by atoms with Gasteiger partial charge in [-0.05, 0) is 54.8 Å². The van der Waals surface area contributed by atoms with Gasteiger partial charge in [-0.2, -0.15) is 0 Å². The van der Waals surface area contributed by atoms with Crippen LogP contribution in [-0.4, -0.2) is 36.0 Å². The Hall–Kier alpha value is -2.33. The lowest BCUT2D eigenvalue weighted by Gasteiger charge is -2.52. The molecule has 2 aromatic rings. The number of nitrogens with zero attached hydrogens (tertiary/aromatic N) is 2. The number of hydrogen-bond acceptors (Lipinski definition) is 3. The standard InChI is InChI=1S/C22H25N3O/c26-21(25-15-22(16-25)11-3-4-12-23-22)17-7-9-20(10-8-17)24-13-18-5-1-2-6-19(18)14-24/h1-2,5-10,23H,3-4,11-16H2. The lowest BCUT2D eigenvalue weighted by Crippen LogP contribution is -2.71. The van der Waals surface area contributed by atoms with E-state index in [1.807, 2.05) is 17.0 Å². The Labute approximate surface area is 154 Å². The number of amides is 1. The minimum Gasteiger partial charge on any atom is -0.363 e. The van der Waals surface area contributed by atoms with Crippen LogP contribution < -0.4 is 10.2 Å². The summed E-state index contributed by atoms with van der Waals surface area (Å²) in [7, 11) is 0. The van der Waals surface area contributed by atoms with Crippen LogP contribution in [0.2, 0.25) is 0 Å². The second-order valence-corrected chi connectivity index (χ2v) is 8.00. The van der Waals surface area contributed by atoms with Crippen LogP contribution in [0.5, 0.6) is 0 Å². The molecule has 0 aromatic heterocycles. The van der Waals surface area contributed by atoms with E-state index < -0.39 is 0 Å². The van der Waals surface area contributed by atoms with Crippen LogP contribution >= 0.6 is 0 Å². The number of benzene rings is 2. The van der Waals surface area contributed by atoms with Gasteiger partial charge in [0.05, 0.1) is 5.54 Å². The van der Waals surface area contributed by atoms with E-state index in [9.17, 15) is 4.79 Å². The zero-order chi connectivity index (χ0) is 17.6. The van der Waals surface area contributed by atoms with Crippen LogP contribution in [0, 0.1) is 0 Å². The summed E-state index contributed by atoms with van der Waals surface area (Å²) in [6.45, 7) is 4.70. The number of rotatable bonds is 2. The highest BCUT2D eigenvalue weighted by Gasteiger charge is 2.45. The van der Waals surface area contributed by atoms with Crippen molar-refractivity contribution in [2.24, 2.45) is 0 Å². The molecular weight excluding hydrogens is 322 g/mol. The van der Waals surface area contributed by atoms with Crippen molar-refractivity contribution in [1.82, 2.24) is 10.2 Å². The fourth-order valence-electron chi connectivity index (χ4n) is 4.64. The molecule has 0 radical (unpaired) electrons. The molecule has 0 atom stereocenters. The van der Waals surface area contributed by atoms with E-state index in [-0.39, 0.29) is 11.4 Å². The first-order valence-corrected chi connectivity index (χ1v) is 9.69. The van der Waals surface area contributed by atoms with E-state index in [0.717, 1.165) is 38.3 Å². The van der Waals surface area contributed by atoms with Gasteiger partial charge in [0.1, 0.15) is 0 Å². The topological polar surface area (TPSA) is 35.6 Å². The summed E-state index contributed by atoms with van der Waals surface area (Å²) in [6.07, 6.45) is 3.74. The number of anilines is 1. The second kappa shape index (κ2) is 6.13. The summed E-state index contributed by atoms with van der Waals surface area (Å²) >= 11 is 0. The summed E-state index contributed by atoms with van der Waals surface area (Å²) in [6, 6.07) is 16.8. The van der Waals surface area contributed by atoms with E-state index in [4.69, 9.17) is 0 Å². The Morgan fingerprint density at radius 3 is 2.23 bits per heavy atom. The molecule has 0 unspecified atom stereocenters. The van der Waals surface area contributed by atoms with Crippen molar-refractivity contribution in [2.45, 2.75) is 37.9 Å². The summed E-state index contributed by atoms with van der Waals surface area (Å²) in [5.41, 5.74) is 5.00. The van der Waals surface area contributed by atoms with Crippen molar-refractivity contribution in [1.29, 1.82) is 0 Å². The van der Waals surface area contributed by atoms with Crippen LogP contribution in [-0.2, 0) is 13.1 Å². The molecule has 1 N–H and O–H groups in total. The first-order chi connectivity index (χ1) is 12.7. The monoisotopic (exact) mass is 347 g/mol. The minimum absolute atomic E-state index is 0.166. The molecular formula is C22H25N3O. The molecule has 0 saturated carbocycles. The zero-order valence-corrected chi connectivity index (χ0v) is 15.1. The van der Waals surface area contributed by atoms with Crippen LogP contribution in [0.3, 0.4) is 0 Å². The summed E-state index contributed by atoms with van der Waals surface area (Å²) < 4.78 is 0. The molecule has 3 aliphatic heterocycles. The SMILES string of the molecule is O=C(c1ccc(N2Cc3ccccc3C2)cc1)N1CC2(CCCCN2)C1. The summed E-state index contributed by atoms with van der Waals surface area (Å²) in [4.78, 5) is 17.1. The first-order valence-electron chi connectivity index (χ1n) is 9.69. The molecule has 1 spiro atoms. The molecule has 26 heavy (non-hydrogen) atoms. The van der Waals surface area contributed by atoms with Gasteiger partial charge in [0.15, 0.2) is 0 Å². The van der Waals surface area contributed by atoms with Crippen LogP contribution in [0.25, 0.3) is 0 Å². The third-order valence-electron chi connectivity index (χ3n) is 6.18. The van der Waals surface area contributed by atoms with E-state index in [2.05, 4.69) is 46.6 Å². The van der Waals surface area contributed by atoms with Crippen molar-refractivity contribution < 1.29 is 4.79 Å². The van der Waals surface area contributed by atoms with Gasteiger partial charge in [0, 0.05) is 37.4 Å². The fourth-order valence-corrected chi connectivity index (χ4v) is 4.64. The van der Waals surface area contributed by atoms with Gasteiger partial charge >= 0.3 is 0 Å². The first kappa shape index (κ1) is 15.9. The molecule has 0 aliphatic carbocycles. The lowest BCUT2D eigenvalue weighted by atomic mass is 9.81. The molecule has 5 rings (SSSR count). The largest absolute Gasteiger partial charge is 0.363 e. The Balaban J connectivity index is 1.24. The lowest BCUT2D eigenvalue weighted by molar-refractivity contribution is 0.0190. The third kappa shape index (κ3) is 2.69. The third-order valence-corrected chi connectivity index (χ3v) is 6.18. The van der Waals surface area contributed by atoms with Crippen molar-refractivity contribution in [3.05, 3.63) is 65.2 Å². The van der Waals surface area contributed by atoms with Gasteiger partial charge in [0.2, 0.25) is 0 Å². The molecule has 0 bridgehead atoms. The van der Waals surface area contributed by atoms with Crippen LogP contribution in [0.4, 0.5) is 5.69 Å². The smallest absolute Gasteiger partial charge is 0.253 e. The summed E-state index contributed by atoms with van der Waals surface area (Å²) in [5.74, 6) is 0.166. The molecule has 4 heteroatoms. The predicted molar refractivity (Wildman–Crippen MR) is 103 cm³/mol. The van der Waals surface area contributed by atoms with Crippen molar-refractivity contribution >= 4 is 11.6 Å². The molecule has 134 valence electrons. The van der Waals surface area contributed by atoms with Gasteiger partial charge in [-0.1, -0.05) is 30.7 Å². The van der Waals surface area contributed by atoms with Crippen molar-refractivity contribution in [3.8, 4) is 0 Å². The number of fused-ring (bicyclic) bond motifs is 1. The molecule has 2 fully saturated rings. The van der Waals surface area contributed by atoms with Crippen LogP contribution in [0.1, 0.15) is 40.7 Å². The van der Waals surface area contributed by atoms with E-state index in [1.165, 1.54) is 36.1 Å². The minimum atomic E-state index is 0.166. The molecule has 3 aliphatic rings. The van der Waals surface area contributed by atoms with Gasteiger partial charge in [0.25, 0.3) is 5.91 Å². The highest BCUT2D eigenvalue weighted by molar-refractivity contribution is 5.95. The second-order valence-electron chi connectivity index (χ2n) is 8.00. The Bertz CT molecular complexity index is 791. The average molecular weight is 347 g/mol. The van der Waals surface area contributed by atoms with E-state index in [0.29, 0.717) is 0 Å². The average Bonchev–Trinajstić information content (AvgIpc) is 3.10. The number of carbonyl (C=O) groups is 1. The van der Waals surface area contributed by atoms with Gasteiger partial charge in [-0.25, -0.2) is 0 Å². The molecule has 1 amide bonds. The summed E-state index contributed by atoms with van der Waals surface area (Å²) in [5, 5.41) is 3.62. The van der Waals surface area contributed by atoms with E-state index in [1.54, 1.807) is 0 Å². The molecule has 2 aromatic carbocycles. The van der Waals surface area contributed by atoms with Gasteiger partial charge < -0.3 is 15.1 Å². The quantitative estimate of drug-likeness (QED) is 0.906. The molecule has 4 nitrogen and oxygen atoms in total. The van der Waals surface area contributed by atoms with Crippen molar-refractivity contribution in [3.63, 3.8) is 0 Å². The predicted octanol–water partition coefficient (Wildman–Crippen LogP) is 3.17. The van der Waals surface area contributed by atoms with Crippen molar-refractivity contribution in [2.75, 3.05) is 24.5 Å². The molecule has 3 heterocycles. The fraction of sp³-hybridized carbons (Fsp3) is 0.409. The van der Waals surface area contributed by atoms with E-state index >= 15 is 0 Å². The number of hydrogen-bond donors (Lipinski definition) is 1.